The van der Waals surface area contributed by atoms with Crippen molar-refractivity contribution in [1.82, 2.24) is 9.55 Å². The molecular formula is C56H47N4OPt-3. The summed E-state index contributed by atoms with van der Waals surface area (Å²) in [5.74, 6) is 1.66. The van der Waals surface area contributed by atoms with Gasteiger partial charge in [0.1, 0.15) is 5.82 Å². The molecule has 0 saturated carbocycles. The maximum absolute atomic E-state index is 9.06. The largest absolute Gasteiger partial charge is 0.509 e. The minimum Gasteiger partial charge on any atom is -0.509 e. The van der Waals surface area contributed by atoms with Crippen LogP contribution in [0, 0.1) is 18.8 Å². The number of nitrogens with zero attached hydrogens (tertiary/aromatic N) is 4. The van der Waals surface area contributed by atoms with Crippen molar-refractivity contribution in [2.75, 3.05) is 9.80 Å². The third-order valence-corrected chi connectivity index (χ3v) is 11.0. The van der Waals surface area contributed by atoms with Gasteiger partial charge in [-0.25, -0.2) is 4.98 Å². The molecule has 5 nitrogen and oxygen atoms in total. The minimum absolute atomic E-state index is 0. The van der Waals surface area contributed by atoms with Gasteiger partial charge in [-0.2, -0.15) is 12.1 Å². The van der Waals surface area contributed by atoms with Crippen molar-refractivity contribution in [3.8, 4) is 39.6 Å². The van der Waals surface area contributed by atoms with Crippen molar-refractivity contribution in [3.05, 3.63) is 200 Å². The molecule has 6 heteroatoms. The van der Waals surface area contributed by atoms with Crippen LogP contribution in [0.1, 0.15) is 66.4 Å². The van der Waals surface area contributed by atoms with Crippen molar-refractivity contribution in [3.63, 3.8) is 0 Å². The standard InChI is InChI=1S/C56H47N4O.Pt/c1-55(2,3)40-32-33-57-53(34-40)60-48-25-14-13-22-45(48)46-30-29-42(36-51(46)60)61-52-35-41(28-31-47(52)56(4,5)6)58-37-59(50-27-16-15-26-49(50)58)54-43(38-18-9-7-10-19-38)23-17-24-44(54)39-20-11-8-12-21-39;/h7-34,37H,1-6H3;/q-3;/i7D,8D,9D,10D,11D,12D,18D,19D,20D,21D;. The molecule has 1 aliphatic rings. The number of ether oxygens (including phenoxy) is 1. The second-order valence-corrected chi connectivity index (χ2v) is 17.1. The van der Waals surface area contributed by atoms with Crippen molar-refractivity contribution in [1.29, 1.82) is 0 Å². The summed E-state index contributed by atoms with van der Waals surface area (Å²) in [5, 5.41) is 2.03. The van der Waals surface area contributed by atoms with Crippen LogP contribution in [0.3, 0.4) is 0 Å². The number of rotatable bonds is 7. The van der Waals surface area contributed by atoms with Crippen LogP contribution in [-0.2, 0) is 31.9 Å². The Bertz CT molecular complexity index is 3530. The molecule has 0 atom stereocenters. The normalized spacial score (nSPS) is 15.0. The van der Waals surface area contributed by atoms with Gasteiger partial charge in [-0.05, 0) is 57.8 Å². The molecule has 2 aromatic heterocycles. The van der Waals surface area contributed by atoms with Crippen molar-refractivity contribution < 1.29 is 39.5 Å². The predicted molar refractivity (Wildman–Crippen MR) is 252 cm³/mol. The first-order chi connectivity index (χ1) is 33.7. The van der Waals surface area contributed by atoms with E-state index >= 15 is 0 Å². The Balaban J connectivity index is 0.00000640. The van der Waals surface area contributed by atoms with Crippen LogP contribution >= 0.6 is 0 Å². The zero-order chi connectivity index (χ0) is 50.6. The summed E-state index contributed by atoms with van der Waals surface area (Å²) in [6, 6.07) is 34.5. The molecule has 0 radical (unpaired) electrons. The molecule has 0 amide bonds. The Morgan fingerprint density at radius 1 is 0.629 bits per heavy atom. The quantitative estimate of drug-likeness (QED) is 0.149. The molecule has 0 bridgehead atoms. The number of hydrogen-bond donors (Lipinski definition) is 0. The van der Waals surface area contributed by atoms with Crippen LogP contribution in [-0.4, -0.2) is 9.55 Å². The SMILES string of the molecule is [2H]c1c([2H])c([2H])c(-c2cccc(-c3c([2H])c([2H])c([2H])c([2H])c3[2H])c2N2[CH-]N(c3[c-]c(Oc4[c-]c5c(cc4)c4ccccc4n5-c4cc(C(C)(C)C)ccn4)c(C(C)(C)C)cc3)c3ccccc32)c([2H])c1[2H].[Pt]. The maximum Gasteiger partial charge on any atom is 0.135 e. The van der Waals surface area contributed by atoms with Gasteiger partial charge in [0.05, 0.1) is 13.7 Å². The van der Waals surface area contributed by atoms with Gasteiger partial charge in [-0.3, -0.25) is 0 Å². The summed E-state index contributed by atoms with van der Waals surface area (Å²) in [6.07, 6.45) is 1.84. The topological polar surface area (TPSA) is 33.5 Å². The number of anilines is 4. The van der Waals surface area contributed by atoms with Crippen LogP contribution in [0.5, 0.6) is 11.5 Å². The molecule has 10 rings (SSSR count). The zero-order valence-electron chi connectivity index (χ0n) is 45.0. The predicted octanol–water partition coefficient (Wildman–Crippen LogP) is 14.9. The van der Waals surface area contributed by atoms with E-state index in [1.165, 1.54) is 0 Å². The Hall–Kier alpha value is -6.42. The number of para-hydroxylation sites is 4. The van der Waals surface area contributed by atoms with E-state index < -0.39 is 65.8 Å². The van der Waals surface area contributed by atoms with Gasteiger partial charge < -0.3 is 19.1 Å². The molecule has 9 aromatic rings. The molecule has 0 aliphatic carbocycles. The minimum atomic E-state index is -0.564. The summed E-state index contributed by atoms with van der Waals surface area (Å²) in [6.45, 7) is 14.6. The number of aromatic nitrogens is 2. The van der Waals surface area contributed by atoms with Gasteiger partial charge in [-0.15, -0.1) is 47.6 Å². The Morgan fingerprint density at radius 2 is 1.27 bits per heavy atom. The van der Waals surface area contributed by atoms with E-state index in [0.29, 0.717) is 28.6 Å². The molecule has 1 aliphatic heterocycles. The number of fused-ring (bicyclic) bond motifs is 4. The molecule has 0 spiro atoms. The molecule has 7 aromatic carbocycles. The molecule has 62 heavy (non-hydrogen) atoms. The zero-order valence-corrected chi connectivity index (χ0v) is 37.3. The first-order valence-corrected chi connectivity index (χ1v) is 20.1. The van der Waals surface area contributed by atoms with E-state index in [2.05, 4.69) is 76.4 Å². The van der Waals surface area contributed by atoms with Crippen molar-refractivity contribution in [2.24, 2.45) is 0 Å². The summed E-state index contributed by atoms with van der Waals surface area (Å²) >= 11 is 0. The molecule has 0 unspecified atom stereocenters. The van der Waals surface area contributed by atoms with Crippen LogP contribution in [0.15, 0.2) is 170 Å². The van der Waals surface area contributed by atoms with Gasteiger partial charge in [0.2, 0.25) is 0 Å². The first kappa shape index (κ1) is 30.6. The number of hydrogen-bond acceptors (Lipinski definition) is 4. The average Bonchev–Trinajstić information content (AvgIpc) is 3.89. The van der Waals surface area contributed by atoms with Crippen molar-refractivity contribution in [2.45, 2.75) is 52.4 Å². The van der Waals surface area contributed by atoms with Gasteiger partial charge in [0.25, 0.3) is 0 Å². The third kappa shape index (κ3) is 7.39. The third-order valence-electron chi connectivity index (χ3n) is 11.0. The first-order valence-electron chi connectivity index (χ1n) is 25.1. The summed E-state index contributed by atoms with van der Waals surface area (Å²) < 4.78 is 96.4. The molecule has 0 saturated heterocycles. The van der Waals surface area contributed by atoms with E-state index in [1.54, 1.807) is 29.8 Å². The van der Waals surface area contributed by atoms with E-state index in [4.69, 9.17) is 23.4 Å². The molecule has 3 heterocycles. The van der Waals surface area contributed by atoms with E-state index in [1.807, 2.05) is 77.8 Å². The van der Waals surface area contributed by atoms with Gasteiger partial charge in [0, 0.05) is 72.5 Å². The van der Waals surface area contributed by atoms with Gasteiger partial charge >= 0.3 is 0 Å². The summed E-state index contributed by atoms with van der Waals surface area (Å²) in [7, 11) is 0. The van der Waals surface area contributed by atoms with Gasteiger partial charge in [-0.1, -0.05) is 161 Å². The van der Waals surface area contributed by atoms with Crippen molar-refractivity contribution >= 4 is 44.6 Å². The molecule has 310 valence electrons. The van der Waals surface area contributed by atoms with Crippen LogP contribution in [0.25, 0.3) is 49.9 Å². The maximum atomic E-state index is 9.06. The number of pyridine rings is 1. The van der Waals surface area contributed by atoms with Crippen LogP contribution in [0.4, 0.5) is 22.7 Å². The Labute approximate surface area is 393 Å². The molecular weight excluding hydrogens is 940 g/mol. The van der Waals surface area contributed by atoms with Crippen LogP contribution < -0.4 is 14.5 Å². The van der Waals surface area contributed by atoms with E-state index in [-0.39, 0.29) is 54.4 Å². The van der Waals surface area contributed by atoms with Gasteiger partial charge in [0.15, 0.2) is 0 Å². The Kier molecular flexibility index (Phi) is 7.95. The fourth-order valence-corrected chi connectivity index (χ4v) is 8.02. The molecule has 0 fully saturated rings. The fourth-order valence-electron chi connectivity index (χ4n) is 8.02. The summed E-state index contributed by atoms with van der Waals surface area (Å²) in [5.41, 5.74) is 5.44. The number of benzene rings is 7. The Morgan fingerprint density at radius 3 is 1.94 bits per heavy atom. The fraction of sp³-hybridized carbons (Fsp3) is 0.143. The second kappa shape index (κ2) is 16.1. The van der Waals surface area contributed by atoms with E-state index in [9.17, 15) is 0 Å². The van der Waals surface area contributed by atoms with E-state index in [0.717, 1.165) is 38.8 Å². The summed E-state index contributed by atoms with van der Waals surface area (Å²) in [4.78, 5) is 8.49. The monoisotopic (exact) mass is 996 g/mol. The smallest absolute Gasteiger partial charge is 0.135 e. The van der Waals surface area contributed by atoms with Crippen LogP contribution in [0.2, 0.25) is 0 Å². The average molecular weight is 997 g/mol. The molecule has 0 N–H and O–H groups in total. The second-order valence-electron chi connectivity index (χ2n) is 17.1.